The van der Waals surface area contributed by atoms with Crippen LogP contribution in [0, 0.1) is 11.3 Å². The normalized spacial score (nSPS) is 11.0. The Kier molecular flexibility index (Phi) is 5.88. The highest BCUT2D eigenvalue weighted by atomic mass is 16.2. The van der Waals surface area contributed by atoms with Gasteiger partial charge in [-0.1, -0.05) is 12.1 Å². The molecular weight excluding hydrogens is 278 g/mol. The van der Waals surface area contributed by atoms with E-state index >= 15 is 0 Å². The Hall–Kier alpha value is -2.61. The van der Waals surface area contributed by atoms with Crippen LogP contribution in [0.4, 0.5) is 0 Å². The van der Waals surface area contributed by atoms with E-state index in [0.717, 1.165) is 5.56 Å². The van der Waals surface area contributed by atoms with Gasteiger partial charge in [0.25, 0.3) is 0 Å². The number of benzene rings is 1. The zero-order chi connectivity index (χ0) is 16.8. The molecule has 0 radical (unpaired) electrons. The summed E-state index contributed by atoms with van der Waals surface area (Å²) in [4.78, 5) is 25.1. The zero-order valence-electron chi connectivity index (χ0n) is 13.4. The molecule has 0 heterocycles. The molecule has 116 valence electrons. The number of carbonyl (C=O) groups excluding carboxylic acids is 2. The van der Waals surface area contributed by atoms with Gasteiger partial charge in [-0.3, -0.25) is 9.59 Å². The molecule has 22 heavy (non-hydrogen) atoms. The molecule has 0 aliphatic carbocycles. The molecule has 1 N–H and O–H groups in total. The van der Waals surface area contributed by atoms with Gasteiger partial charge in [-0.05, 0) is 44.5 Å². The summed E-state index contributed by atoms with van der Waals surface area (Å²) in [6.45, 7) is 5.67. The van der Waals surface area contributed by atoms with Crippen molar-refractivity contribution in [2.75, 3.05) is 13.6 Å². The number of likely N-dealkylation sites (N-methyl/N-ethyl adjacent to an activating group) is 1. The summed E-state index contributed by atoms with van der Waals surface area (Å²) in [7, 11) is 1.58. The zero-order valence-corrected chi connectivity index (χ0v) is 13.4. The molecule has 0 fully saturated rings. The fourth-order valence-electron chi connectivity index (χ4n) is 1.71. The van der Waals surface area contributed by atoms with E-state index in [9.17, 15) is 9.59 Å². The Morgan fingerprint density at radius 3 is 2.36 bits per heavy atom. The van der Waals surface area contributed by atoms with Gasteiger partial charge in [0.1, 0.15) is 0 Å². The second kappa shape index (κ2) is 7.41. The van der Waals surface area contributed by atoms with Crippen LogP contribution >= 0.6 is 0 Å². The molecular formula is C17H21N3O2. The monoisotopic (exact) mass is 299 g/mol. The van der Waals surface area contributed by atoms with E-state index in [1.54, 1.807) is 37.4 Å². The highest BCUT2D eigenvalue weighted by Crippen LogP contribution is 2.05. The fourth-order valence-corrected chi connectivity index (χ4v) is 1.71. The molecule has 0 aliphatic rings. The largest absolute Gasteiger partial charge is 0.350 e. The van der Waals surface area contributed by atoms with Gasteiger partial charge in [0.15, 0.2) is 0 Å². The number of carbonyl (C=O) groups is 2. The van der Waals surface area contributed by atoms with E-state index in [2.05, 4.69) is 5.32 Å². The van der Waals surface area contributed by atoms with E-state index in [0.29, 0.717) is 5.56 Å². The number of hydrogen-bond acceptors (Lipinski definition) is 3. The topological polar surface area (TPSA) is 73.2 Å². The summed E-state index contributed by atoms with van der Waals surface area (Å²) in [5.74, 6) is -0.455. The van der Waals surface area contributed by atoms with Crippen molar-refractivity contribution < 1.29 is 9.59 Å². The number of hydrogen-bond donors (Lipinski definition) is 1. The lowest BCUT2D eigenvalue weighted by Gasteiger charge is -2.22. The summed E-state index contributed by atoms with van der Waals surface area (Å²) in [6, 6.07) is 8.92. The second-order valence-electron chi connectivity index (χ2n) is 6.06. The minimum Gasteiger partial charge on any atom is -0.350 e. The molecule has 0 bridgehead atoms. The third kappa shape index (κ3) is 6.23. The highest BCUT2D eigenvalue weighted by Gasteiger charge is 2.16. The molecule has 0 aliphatic heterocycles. The molecule has 1 rings (SSSR count). The molecule has 0 saturated heterocycles. The fraction of sp³-hybridized carbons (Fsp3) is 0.353. The SMILES string of the molecule is CN(CC(=O)NC(C)(C)C)C(=O)C=Cc1ccc(C#N)cc1. The highest BCUT2D eigenvalue weighted by molar-refractivity contribution is 5.94. The number of amides is 2. The average Bonchev–Trinajstić information content (AvgIpc) is 2.43. The van der Waals surface area contributed by atoms with Crippen LogP contribution in [0.15, 0.2) is 30.3 Å². The molecule has 0 unspecified atom stereocenters. The molecule has 5 heteroatoms. The van der Waals surface area contributed by atoms with Gasteiger partial charge in [-0.25, -0.2) is 0 Å². The maximum atomic E-state index is 11.9. The van der Waals surface area contributed by atoms with Crippen molar-refractivity contribution in [3.05, 3.63) is 41.5 Å². The predicted molar refractivity (Wildman–Crippen MR) is 85.7 cm³/mol. The van der Waals surface area contributed by atoms with Crippen molar-refractivity contribution in [3.63, 3.8) is 0 Å². The van der Waals surface area contributed by atoms with E-state index in [-0.39, 0.29) is 23.9 Å². The minimum absolute atomic E-state index is 0.00775. The third-order valence-electron chi connectivity index (χ3n) is 2.73. The first-order valence-corrected chi connectivity index (χ1v) is 6.95. The molecule has 0 aromatic heterocycles. The summed E-state index contributed by atoms with van der Waals surface area (Å²) in [6.07, 6.45) is 3.06. The van der Waals surface area contributed by atoms with Crippen LogP contribution in [0.2, 0.25) is 0 Å². The Balaban J connectivity index is 2.58. The first kappa shape index (κ1) is 17.4. The number of rotatable bonds is 4. The van der Waals surface area contributed by atoms with Crippen LogP contribution in [0.1, 0.15) is 31.9 Å². The Labute approximate surface area is 131 Å². The van der Waals surface area contributed by atoms with Crippen molar-refractivity contribution in [2.45, 2.75) is 26.3 Å². The molecule has 0 saturated carbocycles. The van der Waals surface area contributed by atoms with E-state index in [1.807, 2.05) is 26.8 Å². The Bertz CT molecular complexity index is 604. The smallest absolute Gasteiger partial charge is 0.246 e. The van der Waals surface area contributed by atoms with Crippen LogP contribution in [0.25, 0.3) is 6.08 Å². The summed E-state index contributed by atoms with van der Waals surface area (Å²) in [5, 5.41) is 11.5. The first-order valence-electron chi connectivity index (χ1n) is 6.95. The van der Waals surface area contributed by atoms with Crippen molar-refractivity contribution in [2.24, 2.45) is 0 Å². The molecule has 1 aromatic carbocycles. The van der Waals surface area contributed by atoms with Crippen molar-refractivity contribution >= 4 is 17.9 Å². The first-order chi connectivity index (χ1) is 10.2. The summed E-state index contributed by atoms with van der Waals surface area (Å²) < 4.78 is 0. The van der Waals surface area contributed by atoms with Gasteiger partial charge >= 0.3 is 0 Å². The lowest BCUT2D eigenvalue weighted by Crippen LogP contribution is -2.46. The van der Waals surface area contributed by atoms with Crippen LogP contribution in [0.5, 0.6) is 0 Å². The number of nitriles is 1. The van der Waals surface area contributed by atoms with Crippen molar-refractivity contribution in [1.29, 1.82) is 5.26 Å². The van der Waals surface area contributed by atoms with Crippen LogP contribution in [-0.2, 0) is 9.59 Å². The quantitative estimate of drug-likeness (QED) is 0.864. The standard InChI is InChI=1S/C17H21N3O2/c1-17(2,3)19-15(21)12-20(4)16(22)10-9-13-5-7-14(11-18)8-6-13/h5-10H,12H2,1-4H3,(H,19,21). The van der Waals surface area contributed by atoms with Crippen LogP contribution in [0.3, 0.4) is 0 Å². The van der Waals surface area contributed by atoms with E-state index in [4.69, 9.17) is 5.26 Å². The van der Waals surface area contributed by atoms with Crippen LogP contribution < -0.4 is 5.32 Å². The van der Waals surface area contributed by atoms with Crippen molar-refractivity contribution in [1.82, 2.24) is 10.2 Å². The van der Waals surface area contributed by atoms with Gasteiger partial charge in [0.05, 0.1) is 18.2 Å². The summed E-state index contributed by atoms with van der Waals surface area (Å²) in [5.41, 5.74) is 1.07. The van der Waals surface area contributed by atoms with Crippen molar-refractivity contribution in [3.8, 4) is 6.07 Å². The minimum atomic E-state index is -0.320. The Morgan fingerprint density at radius 2 is 1.86 bits per heavy atom. The number of nitrogens with zero attached hydrogens (tertiary/aromatic N) is 2. The maximum absolute atomic E-state index is 11.9. The molecule has 2 amide bonds. The summed E-state index contributed by atoms with van der Waals surface area (Å²) >= 11 is 0. The molecule has 1 aromatic rings. The lowest BCUT2D eigenvalue weighted by molar-refractivity contribution is -0.131. The van der Waals surface area contributed by atoms with Gasteiger partial charge in [0.2, 0.25) is 11.8 Å². The maximum Gasteiger partial charge on any atom is 0.246 e. The molecule has 5 nitrogen and oxygen atoms in total. The average molecular weight is 299 g/mol. The molecule has 0 spiro atoms. The second-order valence-corrected chi connectivity index (χ2v) is 6.06. The Morgan fingerprint density at radius 1 is 1.27 bits per heavy atom. The van der Waals surface area contributed by atoms with Crippen LogP contribution in [-0.4, -0.2) is 35.8 Å². The number of nitrogens with one attached hydrogen (secondary N) is 1. The lowest BCUT2D eigenvalue weighted by atomic mass is 10.1. The third-order valence-corrected chi connectivity index (χ3v) is 2.73. The van der Waals surface area contributed by atoms with Gasteiger partial charge in [-0.2, -0.15) is 5.26 Å². The van der Waals surface area contributed by atoms with Gasteiger partial charge in [-0.15, -0.1) is 0 Å². The van der Waals surface area contributed by atoms with Gasteiger partial charge in [0, 0.05) is 18.7 Å². The van der Waals surface area contributed by atoms with E-state index < -0.39 is 0 Å². The van der Waals surface area contributed by atoms with Gasteiger partial charge < -0.3 is 10.2 Å². The predicted octanol–water partition coefficient (Wildman–Crippen LogP) is 1.94. The van der Waals surface area contributed by atoms with E-state index in [1.165, 1.54) is 11.0 Å². The molecule has 0 atom stereocenters.